The number of hydrogen-bond acceptors (Lipinski definition) is 5. The summed E-state index contributed by atoms with van der Waals surface area (Å²) in [7, 11) is 0. The van der Waals surface area contributed by atoms with Crippen LogP contribution in [0.3, 0.4) is 0 Å². The van der Waals surface area contributed by atoms with Crippen molar-refractivity contribution in [3.63, 3.8) is 0 Å². The molecule has 5 N–H and O–H groups in total. The van der Waals surface area contributed by atoms with Gasteiger partial charge in [-0.2, -0.15) is 0 Å². The molecule has 0 bridgehead atoms. The van der Waals surface area contributed by atoms with Crippen molar-refractivity contribution in [2.24, 2.45) is 0 Å². The monoisotopic (exact) mass is 327 g/mol. The third-order valence-electron chi connectivity index (χ3n) is 3.58. The number of anilines is 1. The van der Waals surface area contributed by atoms with Gasteiger partial charge in [0.2, 0.25) is 5.95 Å². The maximum absolute atomic E-state index is 14.3. The van der Waals surface area contributed by atoms with E-state index < -0.39 is 11.8 Å². The van der Waals surface area contributed by atoms with E-state index in [1.807, 2.05) is 0 Å². The van der Waals surface area contributed by atoms with Gasteiger partial charge >= 0.3 is 5.97 Å². The molecular formula is C16H14FN5O2. The maximum atomic E-state index is 14.3. The molecule has 0 amide bonds. The molecule has 0 aliphatic heterocycles. The highest BCUT2D eigenvalue weighted by Crippen LogP contribution is 2.32. The van der Waals surface area contributed by atoms with Gasteiger partial charge in [-0.25, -0.2) is 19.2 Å². The molecule has 122 valence electrons. The molecule has 3 rings (SSSR count). The van der Waals surface area contributed by atoms with Gasteiger partial charge in [-0.15, -0.1) is 0 Å². The largest absolute Gasteiger partial charge is 0.478 e. The number of benzene rings is 1. The molecule has 24 heavy (non-hydrogen) atoms. The smallest absolute Gasteiger partial charge is 0.337 e. The Kier molecular flexibility index (Phi) is 3.64. The maximum Gasteiger partial charge on any atom is 0.337 e. The number of carboxylic acids is 1. The Labute approximate surface area is 136 Å². The highest BCUT2D eigenvalue weighted by molar-refractivity contribution is 5.97. The molecule has 0 saturated heterocycles. The van der Waals surface area contributed by atoms with Crippen molar-refractivity contribution in [1.82, 2.24) is 14.6 Å². The number of carbonyl (C=O) groups is 1. The summed E-state index contributed by atoms with van der Waals surface area (Å²) in [6.45, 7) is 1.74. The summed E-state index contributed by atoms with van der Waals surface area (Å²) in [5.41, 5.74) is 6.90. The van der Waals surface area contributed by atoms with Crippen molar-refractivity contribution < 1.29 is 14.3 Å². The molecule has 0 fully saturated rings. The van der Waals surface area contributed by atoms with Gasteiger partial charge < -0.3 is 16.7 Å². The highest BCUT2D eigenvalue weighted by Gasteiger charge is 2.23. The van der Waals surface area contributed by atoms with Gasteiger partial charge in [-0.1, -0.05) is 6.07 Å². The zero-order chi connectivity index (χ0) is 17.4. The van der Waals surface area contributed by atoms with E-state index >= 15 is 0 Å². The Balaban J connectivity index is 2.28. The van der Waals surface area contributed by atoms with E-state index in [2.05, 4.69) is 9.97 Å². The molecule has 2 heterocycles. The quantitative estimate of drug-likeness (QED) is 0.633. The van der Waals surface area contributed by atoms with Gasteiger partial charge in [0.15, 0.2) is 0 Å². The first kappa shape index (κ1) is 15.5. The van der Waals surface area contributed by atoms with Crippen molar-refractivity contribution in [2.45, 2.75) is 6.92 Å². The van der Waals surface area contributed by atoms with Crippen LogP contribution in [-0.2, 0) is 0 Å². The molecule has 2 aromatic heterocycles. The Hall–Kier alpha value is -3.42. The summed E-state index contributed by atoms with van der Waals surface area (Å²) in [4.78, 5) is 19.4. The summed E-state index contributed by atoms with van der Waals surface area (Å²) in [6, 6.07) is 7.36. The minimum atomic E-state index is -1.22. The van der Waals surface area contributed by atoms with Crippen LogP contribution in [0.4, 0.5) is 10.3 Å². The van der Waals surface area contributed by atoms with E-state index in [0.717, 1.165) is 4.68 Å². The van der Waals surface area contributed by atoms with Crippen molar-refractivity contribution in [3.8, 4) is 22.6 Å². The van der Waals surface area contributed by atoms with Crippen LogP contribution in [0.5, 0.6) is 0 Å². The molecule has 1 aromatic carbocycles. The number of aryl methyl sites for hydroxylation is 1. The van der Waals surface area contributed by atoms with Crippen LogP contribution in [0.15, 0.2) is 36.5 Å². The molecule has 7 nitrogen and oxygen atoms in total. The first-order valence-corrected chi connectivity index (χ1v) is 6.98. The Morgan fingerprint density at radius 3 is 2.67 bits per heavy atom. The minimum Gasteiger partial charge on any atom is -0.478 e. The fraction of sp³-hybridized carbons (Fsp3) is 0.0625. The van der Waals surface area contributed by atoms with Gasteiger partial charge in [-0.3, -0.25) is 4.68 Å². The molecule has 0 aliphatic rings. The van der Waals surface area contributed by atoms with E-state index in [9.17, 15) is 14.3 Å². The van der Waals surface area contributed by atoms with Crippen LogP contribution in [0, 0.1) is 12.7 Å². The molecule has 8 heteroatoms. The van der Waals surface area contributed by atoms with Crippen molar-refractivity contribution in [2.75, 3.05) is 11.6 Å². The molecular weight excluding hydrogens is 313 g/mol. The van der Waals surface area contributed by atoms with Crippen LogP contribution >= 0.6 is 0 Å². The second kappa shape index (κ2) is 5.65. The van der Waals surface area contributed by atoms with Crippen LogP contribution in [0.1, 0.15) is 15.9 Å². The Morgan fingerprint density at radius 2 is 2.04 bits per heavy atom. The molecule has 0 saturated carbocycles. The van der Waals surface area contributed by atoms with Crippen molar-refractivity contribution >= 4 is 11.9 Å². The number of nitrogen functional groups attached to an aromatic ring is 2. The second-order valence-electron chi connectivity index (χ2n) is 5.25. The lowest BCUT2D eigenvalue weighted by atomic mass is 10.1. The van der Waals surface area contributed by atoms with E-state index in [4.69, 9.17) is 11.6 Å². The van der Waals surface area contributed by atoms with Crippen molar-refractivity contribution in [3.05, 3.63) is 53.5 Å². The number of aromatic carboxylic acids is 1. The molecule has 0 spiro atoms. The molecule has 0 aliphatic carbocycles. The lowest BCUT2D eigenvalue weighted by Gasteiger charge is -2.10. The van der Waals surface area contributed by atoms with Crippen LogP contribution < -0.4 is 11.6 Å². The van der Waals surface area contributed by atoms with Crippen LogP contribution in [0.2, 0.25) is 0 Å². The normalized spacial score (nSPS) is 10.8. The van der Waals surface area contributed by atoms with Crippen LogP contribution in [-0.4, -0.2) is 25.7 Å². The van der Waals surface area contributed by atoms with E-state index in [0.29, 0.717) is 11.3 Å². The summed E-state index contributed by atoms with van der Waals surface area (Å²) in [5, 5.41) is 9.46. The number of aromatic nitrogens is 3. The standard InChI is InChI=1S/C16H14FN5O2/c1-8-2-3-9(11(17)6-8)14-10(15(23)24)7-13(22(14)19)12-4-5-20-16(18)21-12/h2-7H,19H2,1H3,(H,23,24)(H2,18,20,21). The fourth-order valence-corrected chi connectivity index (χ4v) is 2.49. The lowest BCUT2D eigenvalue weighted by molar-refractivity contribution is 0.0698. The lowest BCUT2D eigenvalue weighted by Crippen LogP contribution is -2.14. The summed E-state index contributed by atoms with van der Waals surface area (Å²) < 4.78 is 15.4. The fourth-order valence-electron chi connectivity index (χ4n) is 2.49. The summed E-state index contributed by atoms with van der Waals surface area (Å²) in [6.07, 6.45) is 1.43. The van der Waals surface area contributed by atoms with E-state index in [1.165, 1.54) is 30.5 Å². The van der Waals surface area contributed by atoms with E-state index in [1.54, 1.807) is 13.0 Å². The van der Waals surface area contributed by atoms with Crippen LogP contribution in [0.25, 0.3) is 22.6 Å². The molecule has 0 radical (unpaired) electrons. The molecule has 0 unspecified atom stereocenters. The number of carboxylic acid groups (broad SMARTS) is 1. The summed E-state index contributed by atoms with van der Waals surface area (Å²) >= 11 is 0. The Morgan fingerprint density at radius 1 is 1.29 bits per heavy atom. The first-order chi connectivity index (χ1) is 11.4. The van der Waals surface area contributed by atoms with Gasteiger partial charge in [0.05, 0.1) is 22.6 Å². The third-order valence-corrected chi connectivity index (χ3v) is 3.58. The minimum absolute atomic E-state index is 0.0219. The Bertz CT molecular complexity index is 952. The van der Waals surface area contributed by atoms with E-state index in [-0.39, 0.29) is 28.5 Å². The number of hydrogen-bond donors (Lipinski definition) is 3. The van der Waals surface area contributed by atoms with Gasteiger partial charge in [0.1, 0.15) is 5.82 Å². The molecule has 3 aromatic rings. The summed E-state index contributed by atoms with van der Waals surface area (Å²) in [5.74, 6) is 4.29. The number of halogens is 1. The number of rotatable bonds is 3. The highest BCUT2D eigenvalue weighted by atomic mass is 19.1. The average molecular weight is 327 g/mol. The van der Waals surface area contributed by atoms with Gasteiger partial charge in [0.25, 0.3) is 0 Å². The van der Waals surface area contributed by atoms with Crippen molar-refractivity contribution in [1.29, 1.82) is 0 Å². The second-order valence-corrected chi connectivity index (χ2v) is 5.25. The van der Waals surface area contributed by atoms with Gasteiger partial charge in [0, 0.05) is 11.8 Å². The average Bonchev–Trinajstić information content (AvgIpc) is 2.85. The predicted octanol–water partition coefficient (Wildman–Crippen LogP) is 2.05. The SMILES string of the molecule is Cc1ccc(-c2c(C(=O)O)cc(-c3ccnc(N)n3)n2N)c(F)c1. The third kappa shape index (κ3) is 2.54. The number of nitrogens with two attached hydrogens (primary N) is 2. The first-order valence-electron chi connectivity index (χ1n) is 6.98. The number of nitrogens with zero attached hydrogens (tertiary/aromatic N) is 3. The zero-order valence-electron chi connectivity index (χ0n) is 12.7. The van der Waals surface area contributed by atoms with Gasteiger partial charge in [-0.05, 0) is 36.8 Å². The zero-order valence-corrected chi connectivity index (χ0v) is 12.7. The predicted molar refractivity (Wildman–Crippen MR) is 87.1 cm³/mol. The molecule has 0 atom stereocenters. The topological polar surface area (TPSA) is 120 Å².